The van der Waals surface area contributed by atoms with Gasteiger partial charge in [0.25, 0.3) is 0 Å². The lowest BCUT2D eigenvalue weighted by molar-refractivity contribution is -0.177. The van der Waals surface area contributed by atoms with Crippen molar-refractivity contribution in [3.05, 3.63) is 54.5 Å². The summed E-state index contributed by atoms with van der Waals surface area (Å²) in [5, 5.41) is 17.6. The highest BCUT2D eigenvalue weighted by Crippen LogP contribution is 2.71. The van der Waals surface area contributed by atoms with Crippen LogP contribution in [0.3, 0.4) is 0 Å². The van der Waals surface area contributed by atoms with Gasteiger partial charge in [-0.15, -0.1) is 0 Å². The number of hydrogen-bond donors (Lipinski definition) is 2. The third-order valence-corrected chi connectivity index (χ3v) is 10.4. The number of carbonyl (C=O) groups excluding carboxylic acids is 3. The van der Waals surface area contributed by atoms with Crippen molar-refractivity contribution in [2.75, 3.05) is 18.9 Å². The third kappa shape index (κ3) is 6.29. The molecule has 3 aromatic rings. The van der Waals surface area contributed by atoms with E-state index in [-0.39, 0.29) is 24.4 Å². The fourth-order valence-electron chi connectivity index (χ4n) is 6.15. The SMILES string of the molecule is CCC(=O)O[C@H]1[C@H](c2ccc3c(N)ncnn23)O[C@]2(C#N)C(O[P@@](=O)(N[C@@H](C)C(=O)OC3CCOCC3)Oc3ccccc3)[C@]12OC(=O)CC. The van der Waals surface area contributed by atoms with Crippen LogP contribution in [0.4, 0.5) is 5.82 Å². The van der Waals surface area contributed by atoms with Crippen molar-refractivity contribution in [3.63, 3.8) is 0 Å². The van der Waals surface area contributed by atoms with Crippen molar-refractivity contribution in [1.29, 1.82) is 5.26 Å². The second-order valence-corrected chi connectivity index (χ2v) is 13.6. The first-order valence-corrected chi connectivity index (χ1v) is 17.7. The Hall–Kier alpha value is -4.59. The van der Waals surface area contributed by atoms with Crippen LogP contribution < -0.4 is 15.3 Å². The topological polar surface area (TPSA) is 225 Å². The molecule has 1 unspecified atom stereocenters. The minimum Gasteiger partial charge on any atom is -0.461 e. The average molecular weight is 713 g/mol. The van der Waals surface area contributed by atoms with Gasteiger partial charge in [0.15, 0.2) is 18.0 Å². The second-order valence-electron chi connectivity index (χ2n) is 12.0. The highest BCUT2D eigenvalue weighted by Gasteiger charge is 2.95. The molecule has 3 N–H and O–H groups in total. The molecule has 6 rings (SSSR count). The van der Waals surface area contributed by atoms with E-state index in [0.717, 1.165) is 0 Å². The Morgan fingerprint density at radius 3 is 2.52 bits per heavy atom. The van der Waals surface area contributed by atoms with Gasteiger partial charge in [-0.3, -0.25) is 18.9 Å². The van der Waals surface area contributed by atoms with E-state index in [0.29, 0.717) is 37.3 Å². The molecule has 1 aromatic carbocycles. The molecule has 2 saturated heterocycles. The highest BCUT2D eigenvalue weighted by atomic mass is 31.2. The Kier molecular flexibility index (Phi) is 9.84. The number of aromatic nitrogens is 3. The molecule has 0 amide bonds. The minimum atomic E-state index is -4.68. The van der Waals surface area contributed by atoms with Gasteiger partial charge < -0.3 is 33.9 Å². The van der Waals surface area contributed by atoms with Crippen LogP contribution in [-0.2, 0) is 47.2 Å². The zero-order valence-corrected chi connectivity index (χ0v) is 28.4. The lowest BCUT2D eigenvalue weighted by atomic mass is 10.0. The monoisotopic (exact) mass is 712 g/mol. The molecule has 4 heterocycles. The number of ether oxygens (including phenoxy) is 5. The van der Waals surface area contributed by atoms with E-state index in [9.17, 15) is 24.2 Å². The second kappa shape index (κ2) is 14.0. The predicted molar refractivity (Wildman–Crippen MR) is 171 cm³/mol. The number of esters is 3. The van der Waals surface area contributed by atoms with E-state index >= 15 is 0 Å². The molecule has 2 aromatic heterocycles. The maximum absolute atomic E-state index is 14.7. The van der Waals surface area contributed by atoms with Gasteiger partial charge in [0.1, 0.15) is 41.9 Å². The van der Waals surface area contributed by atoms with Crippen LogP contribution >= 0.6 is 7.75 Å². The molecular weight excluding hydrogens is 675 g/mol. The number of nitrogen functional groups attached to an aromatic ring is 1. The Morgan fingerprint density at radius 2 is 1.84 bits per heavy atom. The molecule has 266 valence electrons. The lowest BCUT2D eigenvalue weighted by Crippen LogP contribution is -2.44. The quantitative estimate of drug-likeness (QED) is 0.148. The smallest absolute Gasteiger partial charge is 0.460 e. The van der Waals surface area contributed by atoms with Gasteiger partial charge in [0, 0.05) is 25.7 Å². The van der Waals surface area contributed by atoms with Crippen LogP contribution in [0.5, 0.6) is 5.75 Å². The molecule has 2 aliphatic heterocycles. The molecule has 0 radical (unpaired) electrons. The Morgan fingerprint density at radius 1 is 1.12 bits per heavy atom. The molecule has 3 fully saturated rings. The van der Waals surface area contributed by atoms with Crippen molar-refractivity contribution in [2.45, 2.75) is 88.1 Å². The number of fused-ring (bicyclic) bond motifs is 2. The number of nitrogens with zero attached hydrogens (tertiary/aromatic N) is 4. The standard InChI is InChI=1S/C32H37N6O11P/c1-4-24(39)45-27-26(22-11-12-23-28(34)35-18-36-38(22)23)47-31(17-33)30(32(27,31)46-25(40)5-2)49-50(42,48-21-9-7-6-8-10-21)37-19(3)29(41)44-20-13-15-43-16-14-20/h6-12,18-20,26-27,30H,4-5,13-16H2,1-3H3,(H,37,42)(H2,34,35,36)/t19-,26-,27-,30?,31+,32+,50+/m0/s1. The Labute approximate surface area is 286 Å². The molecule has 0 spiro atoms. The van der Waals surface area contributed by atoms with Gasteiger partial charge in [-0.2, -0.15) is 15.4 Å². The third-order valence-electron chi connectivity index (χ3n) is 8.72. The number of carbonyl (C=O) groups is 3. The van der Waals surface area contributed by atoms with Crippen molar-refractivity contribution in [1.82, 2.24) is 19.7 Å². The van der Waals surface area contributed by atoms with Crippen molar-refractivity contribution in [3.8, 4) is 11.8 Å². The van der Waals surface area contributed by atoms with Gasteiger partial charge >= 0.3 is 25.7 Å². The molecule has 1 saturated carbocycles. The first kappa shape index (κ1) is 35.2. The summed E-state index contributed by atoms with van der Waals surface area (Å²) in [6.45, 7) is 5.36. The Bertz CT molecular complexity index is 1850. The summed E-state index contributed by atoms with van der Waals surface area (Å²) in [7, 11) is -4.68. The number of hydrogen-bond acceptors (Lipinski definition) is 15. The molecular formula is C32H37N6O11P. The molecule has 50 heavy (non-hydrogen) atoms. The van der Waals surface area contributed by atoms with Crippen LogP contribution in [0.25, 0.3) is 5.52 Å². The lowest BCUT2D eigenvalue weighted by Gasteiger charge is -2.30. The maximum atomic E-state index is 14.7. The molecule has 18 heteroatoms. The summed E-state index contributed by atoms with van der Waals surface area (Å²) >= 11 is 0. The van der Waals surface area contributed by atoms with Crippen LogP contribution in [0, 0.1) is 11.3 Å². The zero-order chi connectivity index (χ0) is 35.7. The summed E-state index contributed by atoms with van der Waals surface area (Å²) < 4.78 is 57.2. The fraction of sp³-hybridized carbons (Fsp3) is 0.500. The van der Waals surface area contributed by atoms with E-state index in [1.165, 1.54) is 36.8 Å². The number of nitrogens with two attached hydrogens (primary N) is 1. The van der Waals surface area contributed by atoms with Gasteiger partial charge in [-0.25, -0.2) is 14.1 Å². The first-order valence-electron chi connectivity index (χ1n) is 16.2. The maximum Gasteiger partial charge on any atom is 0.460 e. The number of nitrogens with one attached hydrogen (secondary N) is 1. The van der Waals surface area contributed by atoms with Crippen LogP contribution in [0.1, 0.15) is 58.3 Å². The van der Waals surface area contributed by atoms with E-state index in [4.69, 9.17) is 38.5 Å². The number of para-hydroxylation sites is 1. The minimum absolute atomic E-state index is 0.0833. The van der Waals surface area contributed by atoms with E-state index in [1.807, 2.05) is 6.07 Å². The van der Waals surface area contributed by atoms with Gasteiger partial charge in [-0.1, -0.05) is 32.0 Å². The van der Waals surface area contributed by atoms with Crippen molar-refractivity contribution >= 4 is 37.0 Å². The fourth-order valence-corrected chi connectivity index (χ4v) is 7.87. The van der Waals surface area contributed by atoms with E-state index < -0.39 is 67.3 Å². The molecule has 7 atom stereocenters. The summed E-state index contributed by atoms with van der Waals surface area (Å²) in [5.41, 5.74) is 2.42. The summed E-state index contributed by atoms with van der Waals surface area (Å²) in [6, 6.07) is 12.0. The largest absolute Gasteiger partial charge is 0.461 e. The summed E-state index contributed by atoms with van der Waals surface area (Å²) in [4.78, 5) is 43.1. The number of nitriles is 1. The number of rotatable bonds is 13. The molecule has 1 aliphatic carbocycles. The van der Waals surface area contributed by atoms with Crippen LogP contribution in [0.2, 0.25) is 0 Å². The average Bonchev–Trinajstić information content (AvgIpc) is 3.35. The number of anilines is 1. The van der Waals surface area contributed by atoms with Gasteiger partial charge in [0.05, 0.1) is 18.9 Å². The van der Waals surface area contributed by atoms with Crippen LogP contribution in [-0.4, -0.2) is 81.3 Å². The Balaban J connectivity index is 1.38. The molecule has 3 aliphatic rings. The first-order chi connectivity index (χ1) is 24.0. The van der Waals surface area contributed by atoms with Crippen molar-refractivity contribution in [2.24, 2.45) is 0 Å². The normalized spacial score (nSPS) is 27.7. The number of benzene rings is 1. The van der Waals surface area contributed by atoms with Crippen LogP contribution in [0.15, 0.2) is 48.8 Å². The van der Waals surface area contributed by atoms with E-state index in [2.05, 4.69) is 15.2 Å². The van der Waals surface area contributed by atoms with Gasteiger partial charge in [-0.05, 0) is 31.2 Å². The highest BCUT2D eigenvalue weighted by molar-refractivity contribution is 7.52. The van der Waals surface area contributed by atoms with E-state index in [1.54, 1.807) is 37.3 Å². The van der Waals surface area contributed by atoms with Crippen molar-refractivity contribution < 1.29 is 51.7 Å². The summed E-state index contributed by atoms with van der Waals surface area (Å²) in [5.74, 6) is -1.99. The van der Waals surface area contributed by atoms with Gasteiger partial charge in [0.2, 0.25) is 11.2 Å². The molecule has 0 bridgehead atoms. The summed E-state index contributed by atoms with van der Waals surface area (Å²) in [6.07, 6.45) is -2.82. The molecule has 17 nitrogen and oxygen atoms in total. The zero-order valence-electron chi connectivity index (χ0n) is 27.6. The predicted octanol–water partition coefficient (Wildman–Crippen LogP) is 2.95.